The SMILES string of the molecule is O=C(CC1CCNCC1)N[C@@H]1COC2(CCCCC2)C1. The van der Waals surface area contributed by atoms with Gasteiger partial charge in [0.1, 0.15) is 0 Å². The summed E-state index contributed by atoms with van der Waals surface area (Å²) in [6.45, 7) is 2.85. The van der Waals surface area contributed by atoms with Crippen LogP contribution in [0.5, 0.6) is 0 Å². The summed E-state index contributed by atoms with van der Waals surface area (Å²) in [7, 11) is 0. The van der Waals surface area contributed by atoms with Crippen LogP contribution in [0.4, 0.5) is 0 Å². The summed E-state index contributed by atoms with van der Waals surface area (Å²) in [6, 6.07) is 0.252. The van der Waals surface area contributed by atoms with Crippen molar-refractivity contribution in [3.63, 3.8) is 0 Å². The highest BCUT2D eigenvalue weighted by Gasteiger charge is 2.41. The average molecular weight is 280 g/mol. The molecule has 1 amide bonds. The molecule has 3 rings (SSSR count). The number of rotatable bonds is 3. The van der Waals surface area contributed by atoms with Crippen LogP contribution in [0.3, 0.4) is 0 Å². The lowest BCUT2D eigenvalue weighted by molar-refractivity contribution is -0.122. The fraction of sp³-hybridized carbons (Fsp3) is 0.938. The maximum absolute atomic E-state index is 12.2. The second kappa shape index (κ2) is 6.44. The van der Waals surface area contributed by atoms with Crippen LogP contribution in [0.15, 0.2) is 0 Å². The molecule has 0 aromatic heterocycles. The van der Waals surface area contributed by atoms with Gasteiger partial charge in [0.2, 0.25) is 5.91 Å². The minimum atomic E-state index is 0.102. The van der Waals surface area contributed by atoms with Crippen molar-refractivity contribution in [2.24, 2.45) is 5.92 Å². The summed E-state index contributed by atoms with van der Waals surface area (Å²) in [5.74, 6) is 0.806. The summed E-state index contributed by atoms with van der Waals surface area (Å²) < 4.78 is 6.06. The molecule has 0 unspecified atom stereocenters. The van der Waals surface area contributed by atoms with Gasteiger partial charge in [-0.05, 0) is 51.1 Å². The van der Waals surface area contributed by atoms with E-state index in [1.54, 1.807) is 0 Å². The van der Waals surface area contributed by atoms with Crippen LogP contribution in [-0.4, -0.2) is 37.2 Å². The molecular weight excluding hydrogens is 252 g/mol. The Hall–Kier alpha value is -0.610. The Morgan fingerprint density at radius 2 is 1.95 bits per heavy atom. The molecule has 0 aromatic carbocycles. The van der Waals surface area contributed by atoms with Crippen molar-refractivity contribution in [1.29, 1.82) is 0 Å². The molecule has 0 aromatic rings. The third-order valence-corrected chi connectivity index (χ3v) is 5.27. The number of hydrogen-bond donors (Lipinski definition) is 2. The van der Waals surface area contributed by atoms with Crippen molar-refractivity contribution in [2.45, 2.75) is 69.4 Å². The Balaban J connectivity index is 1.43. The van der Waals surface area contributed by atoms with Gasteiger partial charge in [-0.3, -0.25) is 4.79 Å². The molecule has 0 bridgehead atoms. The van der Waals surface area contributed by atoms with E-state index in [1.165, 1.54) is 32.1 Å². The Labute approximate surface area is 122 Å². The minimum absolute atomic E-state index is 0.102. The first-order chi connectivity index (χ1) is 9.76. The predicted molar refractivity (Wildman–Crippen MR) is 78.5 cm³/mol. The van der Waals surface area contributed by atoms with E-state index >= 15 is 0 Å². The van der Waals surface area contributed by atoms with E-state index in [0.29, 0.717) is 12.3 Å². The standard InChI is InChI=1S/C16H28N2O2/c19-15(10-13-4-8-17-9-5-13)18-14-11-16(20-12-14)6-2-1-3-7-16/h13-14,17H,1-12H2,(H,18,19)/t14-/m0/s1. The zero-order valence-corrected chi connectivity index (χ0v) is 12.5. The summed E-state index contributed by atoms with van der Waals surface area (Å²) in [6.07, 6.45) is 10.3. The van der Waals surface area contributed by atoms with Crippen LogP contribution in [0.25, 0.3) is 0 Å². The van der Waals surface area contributed by atoms with Crippen LogP contribution in [-0.2, 0) is 9.53 Å². The number of nitrogens with one attached hydrogen (secondary N) is 2. The molecule has 2 aliphatic heterocycles. The molecule has 2 N–H and O–H groups in total. The maximum atomic E-state index is 12.2. The largest absolute Gasteiger partial charge is 0.373 e. The van der Waals surface area contributed by atoms with Crippen LogP contribution >= 0.6 is 0 Å². The molecule has 1 aliphatic carbocycles. The maximum Gasteiger partial charge on any atom is 0.220 e. The molecule has 4 heteroatoms. The number of carbonyl (C=O) groups is 1. The Bertz CT molecular complexity index is 333. The van der Waals surface area contributed by atoms with Crippen LogP contribution in [0, 0.1) is 5.92 Å². The lowest BCUT2D eigenvalue weighted by Crippen LogP contribution is -2.39. The molecule has 3 aliphatic rings. The minimum Gasteiger partial charge on any atom is -0.373 e. The van der Waals surface area contributed by atoms with Crippen LogP contribution in [0.2, 0.25) is 0 Å². The summed E-state index contributed by atoms with van der Waals surface area (Å²) >= 11 is 0. The highest BCUT2D eigenvalue weighted by atomic mass is 16.5. The number of amides is 1. The third kappa shape index (κ3) is 3.53. The van der Waals surface area contributed by atoms with E-state index in [4.69, 9.17) is 4.74 Å². The lowest BCUT2D eigenvalue weighted by Gasteiger charge is -2.32. The zero-order valence-electron chi connectivity index (χ0n) is 12.5. The van der Waals surface area contributed by atoms with Crippen molar-refractivity contribution in [1.82, 2.24) is 10.6 Å². The fourth-order valence-electron chi connectivity index (χ4n) is 4.12. The zero-order chi connectivity index (χ0) is 13.8. The van der Waals surface area contributed by atoms with Gasteiger partial charge in [0.25, 0.3) is 0 Å². The molecule has 1 atom stereocenters. The molecule has 3 fully saturated rings. The second-order valence-corrected chi connectivity index (χ2v) is 6.92. The van der Waals surface area contributed by atoms with Crippen molar-refractivity contribution in [3.05, 3.63) is 0 Å². The van der Waals surface area contributed by atoms with Crippen molar-refractivity contribution >= 4 is 5.91 Å². The number of hydrogen-bond acceptors (Lipinski definition) is 3. The van der Waals surface area contributed by atoms with Gasteiger partial charge in [-0.25, -0.2) is 0 Å². The van der Waals surface area contributed by atoms with Gasteiger partial charge < -0.3 is 15.4 Å². The Morgan fingerprint density at radius 1 is 1.20 bits per heavy atom. The van der Waals surface area contributed by atoms with E-state index in [9.17, 15) is 4.79 Å². The first-order valence-electron chi connectivity index (χ1n) is 8.40. The molecule has 4 nitrogen and oxygen atoms in total. The van der Waals surface area contributed by atoms with Gasteiger partial charge in [-0.15, -0.1) is 0 Å². The molecule has 1 spiro atoms. The van der Waals surface area contributed by atoms with Gasteiger partial charge in [0.15, 0.2) is 0 Å². The summed E-state index contributed by atoms with van der Waals surface area (Å²) in [5.41, 5.74) is 0.102. The molecule has 2 saturated heterocycles. The smallest absolute Gasteiger partial charge is 0.220 e. The number of ether oxygens (including phenoxy) is 1. The first-order valence-corrected chi connectivity index (χ1v) is 8.40. The van der Waals surface area contributed by atoms with Crippen molar-refractivity contribution in [3.8, 4) is 0 Å². The quantitative estimate of drug-likeness (QED) is 0.831. The van der Waals surface area contributed by atoms with Crippen LogP contribution < -0.4 is 10.6 Å². The Kier molecular flexibility index (Phi) is 4.61. The van der Waals surface area contributed by atoms with E-state index in [2.05, 4.69) is 10.6 Å². The molecule has 114 valence electrons. The van der Waals surface area contributed by atoms with Gasteiger partial charge in [-0.2, -0.15) is 0 Å². The van der Waals surface area contributed by atoms with E-state index in [-0.39, 0.29) is 17.6 Å². The molecular formula is C16H28N2O2. The highest BCUT2D eigenvalue weighted by molar-refractivity contribution is 5.76. The Morgan fingerprint density at radius 3 is 2.70 bits per heavy atom. The monoisotopic (exact) mass is 280 g/mol. The summed E-state index contributed by atoms with van der Waals surface area (Å²) in [5, 5.41) is 6.56. The molecule has 2 heterocycles. The highest BCUT2D eigenvalue weighted by Crippen LogP contribution is 2.39. The molecule has 1 saturated carbocycles. The first kappa shape index (κ1) is 14.3. The molecule has 20 heavy (non-hydrogen) atoms. The molecule has 0 radical (unpaired) electrons. The normalized spacial score (nSPS) is 30.5. The predicted octanol–water partition coefficient (Wildman–Crippen LogP) is 1.98. The van der Waals surface area contributed by atoms with Gasteiger partial charge >= 0.3 is 0 Å². The topological polar surface area (TPSA) is 50.4 Å². The number of piperidine rings is 1. The van der Waals surface area contributed by atoms with Gasteiger partial charge in [0.05, 0.1) is 18.2 Å². The van der Waals surface area contributed by atoms with Crippen LogP contribution in [0.1, 0.15) is 57.8 Å². The van der Waals surface area contributed by atoms with E-state index < -0.39 is 0 Å². The second-order valence-electron chi connectivity index (χ2n) is 6.92. The fourth-order valence-corrected chi connectivity index (χ4v) is 4.12. The van der Waals surface area contributed by atoms with Crippen molar-refractivity contribution < 1.29 is 9.53 Å². The average Bonchev–Trinajstić information content (AvgIpc) is 2.83. The van der Waals surface area contributed by atoms with E-state index in [1.807, 2.05) is 0 Å². The third-order valence-electron chi connectivity index (χ3n) is 5.27. The van der Waals surface area contributed by atoms with Gasteiger partial charge in [0, 0.05) is 6.42 Å². The van der Waals surface area contributed by atoms with E-state index in [0.717, 1.165) is 39.0 Å². The lowest BCUT2D eigenvalue weighted by atomic mass is 9.82. The van der Waals surface area contributed by atoms with Crippen molar-refractivity contribution in [2.75, 3.05) is 19.7 Å². The number of carbonyl (C=O) groups excluding carboxylic acids is 1. The van der Waals surface area contributed by atoms with Gasteiger partial charge in [-0.1, -0.05) is 19.3 Å². The summed E-state index contributed by atoms with van der Waals surface area (Å²) in [4.78, 5) is 12.2.